The fourth-order valence-electron chi connectivity index (χ4n) is 1.97. The second-order valence-corrected chi connectivity index (χ2v) is 5.74. The van der Waals surface area contributed by atoms with Crippen molar-refractivity contribution in [2.24, 2.45) is 0 Å². The van der Waals surface area contributed by atoms with Gasteiger partial charge in [-0.05, 0) is 61.7 Å². The van der Waals surface area contributed by atoms with Gasteiger partial charge < -0.3 is 11.1 Å². The van der Waals surface area contributed by atoms with Crippen LogP contribution in [0.4, 0.5) is 11.4 Å². The molecule has 0 unspecified atom stereocenters. The zero-order valence-corrected chi connectivity index (χ0v) is 13.3. The number of rotatable bonds is 2. The summed E-state index contributed by atoms with van der Waals surface area (Å²) in [6.45, 7) is 5.90. The molecule has 0 aliphatic heterocycles. The molecule has 0 aliphatic carbocycles. The van der Waals surface area contributed by atoms with Crippen LogP contribution in [-0.2, 0) is 0 Å². The van der Waals surface area contributed by atoms with Gasteiger partial charge in [0.2, 0.25) is 0 Å². The SMILES string of the molecule is Cc1cc(C(=O)Nc2c(N)ccc(C)c2C)ccc1Br. The summed E-state index contributed by atoms with van der Waals surface area (Å²) in [5, 5.41) is 2.90. The molecule has 0 bridgehead atoms. The number of nitrogens with two attached hydrogens (primary N) is 1. The maximum Gasteiger partial charge on any atom is 0.255 e. The molecule has 4 heteroatoms. The summed E-state index contributed by atoms with van der Waals surface area (Å²) in [5.41, 5.74) is 10.9. The van der Waals surface area contributed by atoms with E-state index in [1.807, 2.05) is 45.0 Å². The normalized spacial score (nSPS) is 10.4. The Kier molecular flexibility index (Phi) is 4.14. The fraction of sp³-hybridized carbons (Fsp3) is 0.188. The average molecular weight is 333 g/mol. The second kappa shape index (κ2) is 5.67. The lowest BCUT2D eigenvalue weighted by atomic mass is 10.1. The van der Waals surface area contributed by atoms with E-state index in [4.69, 9.17) is 5.73 Å². The van der Waals surface area contributed by atoms with Crippen molar-refractivity contribution in [2.45, 2.75) is 20.8 Å². The van der Waals surface area contributed by atoms with Crippen molar-refractivity contribution in [2.75, 3.05) is 11.1 Å². The molecule has 0 saturated heterocycles. The lowest BCUT2D eigenvalue weighted by Gasteiger charge is -2.13. The van der Waals surface area contributed by atoms with Gasteiger partial charge in [0.15, 0.2) is 0 Å². The van der Waals surface area contributed by atoms with Crippen LogP contribution in [-0.4, -0.2) is 5.91 Å². The molecule has 0 fully saturated rings. The van der Waals surface area contributed by atoms with Gasteiger partial charge in [-0.15, -0.1) is 0 Å². The van der Waals surface area contributed by atoms with Crippen LogP contribution in [0, 0.1) is 20.8 Å². The summed E-state index contributed by atoms with van der Waals surface area (Å²) < 4.78 is 0.986. The number of hydrogen-bond acceptors (Lipinski definition) is 2. The van der Waals surface area contributed by atoms with Crippen molar-refractivity contribution >= 4 is 33.2 Å². The van der Waals surface area contributed by atoms with Crippen LogP contribution in [0.3, 0.4) is 0 Å². The number of aryl methyl sites for hydroxylation is 2. The lowest BCUT2D eigenvalue weighted by molar-refractivity contribution is 0.102. The van der Waals surface area contributed by atoms with Crippen molar-refractivity contribution in [1.82, 2.24) is 0 Å². The number of hydrogen-bond donors (Lipinski definition) is 2. The molecule has 2 aromatic carbocycles. The minimum absolute atomic E-state index is 0.152. The Morgan fingerprint density at radius 3 is 2.45 bits per heavy atom. The number of nitrogens with one attached hydrogen (secondary N) is 1. The standard InChI is InChI=1S/C16H17BrN2O/c1-9-4-7-14(18)15(11(9)3)19-16(20)12-5-6-13(17)10(2)8-12/h4-8H,18H2,1-3H3,(H,19,20). The third-order valence-electron chi connectivity index (χ3n) is 3.43. The van der Waals surface area contributed by atoms with E-state index in [2.05, 4.69) is 21.2 Å². The Hall–Kier alpha value is -1.81. The van der Waals surface area contributed by atoms with Crippen LogP contribution < -0.4 is 11.1 Å². The molecule has 0 spiro atoms. The molecule has 2 aromatic rings. The van der Waals surface area contributed by atoms with E-state index in [0.29, 0.717) is 16.9 Å². The highest BCUT2D eigenvalue weighted by atomic mass is 79.9. The summed E-state index contributed by atoms with van der Waals surface area (Å²) >= 11 is 3.43. The zero-order chi connectivity index (χ0) is 14.9. The van der Waals surface area contributed by atoms with Crippen molar-refractivity contribution in [3.8, 4) is 0 Å². The van der Waals surface area contributed by atoms with E-state index in [-0.39, 0.29) is 5.91 Å². The maximum atomic E-state index is 12.3. The lowest BCUT2D eigenvalue weighted by Crippen LogP contribution is -2.14. The monoisotopic (exact) mass is 332 g/mol. The van der Waals surface area contributed by atoms with Gasteiger partial charge in [0, 0.05) is 10.0 Å². The van der Waals surface area contributed by atoms with E-state index < -0.39 is 0 Å². The van der Waals surface area contributed by atoms with Crippen molar-refractivity contribution in [3.05, 3.63) is 57.1 Å². The molecule has 104 valence electrons. The zero-order valence-electron chi connectivity index (χ0n) is 11.8. The van der Waals surface area contributed by atoms with Gasteiger partial charge >= 0.3 is 0 Å². The molecule has 0 saturated carbocycles. The smallest absolute Gasteiger partial charge is 0.255 e. The molecule has 0 aromatic heterocycles. The molecule has 0 atom stereocenters. The summed E-state index contributed by atoms with van der Waals surface area (Å²) in [7, 11) is 0. The fourth-order valence-corrected chi connectivity index (χ4v) is 2.22. The number of benzene rings is 2. The number of carbonyl (C=O) groups excluding carboxylic acids is 1. The number of amides is 1. The highest BCUT2D eigenvalue weighted by Crippen LogP contribution is 2.26. The molecule has 2 rings (SSSR count). The summed E-state index contributed by atoms with van der Waals surface area (Å²) in [5.74, 6) is -0.152. The maximum absolute atomic E-state index is 12.3. The summed E-state index contributed by atoms with van der Waals surface area (Å²) in [6, 6.07) is 9.26. The molecule has 20 heavy (non-hydrogen) atoms. The van der Waals surface area contributed by atoms with Crippen molar-refractivity contribution in [1.29, 1.82) is 0 Å². The Labute approximate surface area is 127 Å². The highest BCUT2D eigenvalue weighted by Gasteiger charge is 2.12. The van der Waals surface area contributed by atoms with Crippen LogP contribution in [0.2, 0.25) is 0 Å². The third-order valence-corrected chi connectivity index (χ3v) is 4.32. The van der Waals surface area contributed by atoms with E-state index in [1.165, 1.54) is 0 Å². The quantitative estimate of drug-likeness (QED) is 0.809. The van der Waals surface area contributed by atoms with E-state index in [0.717, 1.165) is 21.2 Å². The predicted octanol–water partition coefficient (Wildman–Crippen LogP) is 4.21. The number of anilines is 2. The first-order valence-corrected chi connectivity index (χ1v) is 7.12. The highest BCUT2D eigenvalue weighted by molar-refractivity contribution is 9.10. The Morgan fingerprint density at radius 2 is 1.80 bits per heavy atom. The average Bonchev–Trinajstić information content (AvgIpc) is 2.42. The van der Waals surface area contributed by atoms with Gasteiger partial charge in [-0.2, -0.15) is 0 Å². The van der Waals surface area contributed by atoms with E-state index in [1.54, 1.807) is 6.07 Å². The first-order valence-electron chi connectivity index (χ1n) is 6.33. The molecule has 3 N–H and O–H groups in total. The first-order chi connectivity index (χ1) is 9.40. The van der Waals surface area contributed by atoms with Crippen LogP contribution in [0.15, 0.2) is 34.8 Å². The van der Waals surface area contributed by atoms with E-state index >= 15 is 0 Å². The van der Waals surface area contributed by atoms with Crippen LogP contribution in [0.25, 0.3) is 0 Å². The molecule has 3 nitrogen and oxygen atoms in total. The summed E-state index contributed by atoms with van der Waals surface area (Å²) in [6.07, 6.45) is 0. The van der Waals surface area contributed by atoms with Gasteiger partial charge in [-0.25, -0.2) is 0 Å². The van der Waals surface area contributed by atoms with Gasteiger partial charge in [-0.3, -0.25) is 4.79 Å². The van der Waals surface area contributed by atoms with E-state index in [9.17, 15) is 4.79 Å². The number of halogens is 1. The molecular weight excluding hydrogens is 316 g/mol. The van der Waals surface area contributed by atoms with Gasteiger partial charge in [-0.1, -0.05) is 22.0 Å². The molecular formula is C16H17BrN2O. The molecule has 0 heterocycles. The van der Waals surface area contributed by atoms with Crippen LogP contribution >= 0.6 is 15.9 Å². The van der Waals surface area contributed by atoms with Crippen LogP contribution in [0.1, 0.15) is 27.0 Å². The second-order valence-electron chi connectivity index (χ2n) is 4.89. The Balaban J connectivity index is 2.32. The van der Waals surface area contributed by atoms with Crippen LogP contribution in [0.5, 0.6) is 0 Å². The minimum atomic E-state index is -0.152. The number of nitrogen functional groups attached to an aromatic ring is 1. The molecule has 1 amide bonds. The summed E-state index contributed by atoms with van der Waals surface area (Å²) in [4.78, 5) is 12.3. The first kappa shape index (κ1) is 14.6. The largest absolute Gasteiger partial charge is 0.397 e. The number of carbonyl (C=O) groups is 1. The molecule has 0 radical (unpaired) electrons. The minimum Gasteiger partial charge on any atom is -0.397 e. The molecule has 0 aliphatic rings. The van der Waals surface area contributed by atoms with Gasteiger partial charge in [0.25, 0.3) is 5.91 Å². The topological polar surface area (TPSA) is 55.1 Å². The van der Waals surface area contributed by atoms with Crippen molar-refractivity contribution < 1.29 is 4.79 Å². The Morgan fingerprint density at radius 1 is 1.10 bits per heavy atom. The predicted molar refractivity (Wildman–Crippen MR) is 87.2 cm³/mol. The van der Waals surface area contributed by atoms with Crippen molar-refractivity contribution in [3.63, 3.8) is 0 Å². The third kappa shape index (κ3) is 2.85. The van der Waals surface area contributed by atoms with Gasteiger partial charge in [0.1, 0.15) is 0 Å². The van der Waals surface area contributed by atoms with Gasteiger partial charge in [0.05, 0.1) is 11.4 Å². The Bertz CT molecular complexity index is 680.